The Balaban J connectivity index is 2.07. The summed E-state index contributed by atoms with van der Waals surface area (Å²) in [5.74, 6) is -0.0307. The molecule has 0 aliphatic heterocycles. The van der Waals surface area contributed by atoms with Crippen LogP contribution in [0.3, 0.4) is 0 Å². The van der Waals surface area contributed by atoms with Crippen molar-refractivity contribution in [3.8, 4) is 17.0 Å². The minimum absolute atomic E-state index is 0.111. The third-order valence-electron chi connectivity index (χ3n) is 3.41. The van der Waals surface area contributed by atoms with Crippen molar-refractivity contribution in [3.63, 3.8) is 0 Å². The number of aromatic hydroxyl groups is 1. The summed E-state index contributed by atoms with van der Waals surface area (Å²) in [4.78, 5) is 12.7. The molecule has 1 heterocycles. The normalized spacial score (nSPS) is 10.6. The molecule has 0 aliphatic carbocycles. The Morgan fingerprint density at radius 2 is 1.91 bits per heavy atom. The molecule has 0 bridgehead atoms. The smallest absolute Gasteiger partial charge is 0.196 e. The van der Waals surface area contributed by atoms with Gasteiger partial charge >= 0.3 is 0 Å². The molecule has 0 aliphatic rings. The lowest BCUT2D eigenvalue weighted by atomic mass is 9.99. The second kappa shape index (κ2) is 5.77. The largest absolute Gasteiger partial charge is 0.507 e. The number of ketones is 1. The minimum atomic E-state index is -0.142. The van der Waals surface area contributed by atoms with Crippen LogP contribution in [0.15, 0.2) is 53.1 Å². The van der Waals surface area contributed by atoms with Gasteiger partial charge in [-0.3, -0.25) is 9.89 Å². The van der Waals surface area contributed by atoms with Crippen molar-refractivity contribution in [1.82, 2.24) is 10.2 Å². The van der Waals surface area contributed by atoms with Crippen molar-refractivity contribution in [2.45, 2.75) is 6.92 Å². The van der Waals surface area contributed by atoms with Crippen molar-refractivity contribution in [1.29, 1.82) is 0 Å². The van der Waals surface area contributed by atoms with Gasteiger partial charge in [0.2, 0.25) is 0 Å². The molecule has 2 N–H and O–H groups in total. The van der Waals surface area contributed by atoms with E-state index in [1.54, 1.807) is 18.2 Å². The lowest BCUT2D eigenvalue weighted by Gasteiger charge is -2.06. The summed E-state index contributed by atoms with van der Waals surface area (Å²) in [7, 11) is 0. The van der Waals surface area contributed by atoms with Gasteiger partial charge in [0, 0.05) is 15.6 Å². The summed E-state index contributed by atoms with van der Waals surface area (Å²) < 4.78 is 0.910. The highest BCUT2D eigenvalue weighted by molar-refractivity contribution is 9.10. The number of nitrogens with zero attached hydrogens (tertiary/aromatic N) is 1. The Kier molecular flexibility index (Phi) is 3.81. The van der Waals surface area contributed by atoms with Crippen molar-refractivity contribution in [2.24, 2.45) is 0 Å². The average molecular weight is 357 g/mol. The maximum Gasteiger partial charge on any atom is 0.196 e. The molecule has 3 rings (SSSR count). The molecule has 22 heavy (non-hydrogen) atoms. The van der Waals surface area contributed by atoms with E-state index in [-0.39, 0.29) is 11.5 Å². The number of rotatable bonds is 3. The van der Waals surface area contributed by atoms with Crippen LogP contribution < -0.4 is 0 Å². The van der Waals surface area contributed by atoms with Gasteiger partial charge in [0.15, 0.2) is 5.78 Å². The lowest BCUT2D eigenvalue weighted by molar-refractivity contribution is 0.103. The van der Waals surface area contributed by atoms with Gasteiger partial charge in [-0.15, -0.1) is 0 Å². The Bertz CT molecular complexity index is 838. The number of nitrogens with one attached hydrogen (secondary N) is 1. The summed E-state index contributed by atoms with van der Waals surface area (Å²) in [5, 5.41) is 16.8. The molecule has 0 saturated heterocycles. The monoisotopic (exact) mass is 356 g/mol. The zero-order valence-electron chi connectivity index (χ0n) is 11.8. The molecular weight excluding hydrogens is 344 g/mol. The van der Waals surface area contributed by atoms with Gasteiger partial charge in [-0.05, 0) is 43.3 Å². The van der Waals surface area contributed by atoms with Crippen molar-refractivity contribution >= 4 is 21.7 Å². The maximum atomic E-state index is 12.7. The lowest BCUT2D eigenvalue weighted by Crippen LogP contribution is -2.02. The summed E-state index contributed by atoms with van der Waals surface area (Å²) in [6.45, 7) is 1.93. The highest BCUT2D eigenvalue weighted by Gasteiger charge is 2.19. The first kappa shape index (κ1) is 14.5. The Labute approximate surface area is 135 Å². The van der Waals surface area contributed by atoms with Crippen LogP contribution in [0.4, 0.5) is 0 Å². The van der Waals surface area contributed by atoms with E-state index in [1.807, 2.05) is 31.2 Å². The van der Waals surface area contributed by atoms with Crippen LogP contribution in [-0.2, 0) is 0 Å². The van der Waals surface area contributed by atoms with E-state index in [0.717, 1.165) is 10.0 Å². The molecule has 0 spiro atoms. The number of carbonyl (C=O) groups excluding carboxylic acids is 1. The quantitative estimate of drug-likeness (QED) is 0.694. The van der Waals surface area contributed by atoms with Gasteiger partial charge < -0.3 is 5.11 Å². The Morgan fingerprint density at radius 3 is 2.64 bits per heavy atom. The number of H-pyrrole nitrogens is 1. The number of halogens is 1. The standard InChI is InChI=1S/C17H13BrN2O2/c1-10-2-7-15(21)13(8-10)16-14(9-19-20-16)17(22)11-3-5-12(18)6-4-11/h2-9,21H,1H3,(H,19,20). The molecule has 0 fully saturated rings. The Hall–Kier alpha value is -2.40. The van der Waals surface area contributed by atoms with Crippen LogP contribution in [0.1, 0.15) is 21.5 Å². The summed E-state index contributed by atoms with van der Waals surface area (Å²) in [6.07, 6.45) is 1.49. The van der Waals surface area contributed by atoms with Gasteiger partial charge in [-0.1, -0.05) is 27.6 Å². The number of hydrogen-bond acceptors (Lipinski definition) is 3. The number of aromatic amines is 1. The fourth-order valence-corrected chi connectivity index (χ4v) is 2.53. The number of aryl methyl sites for hydroxylation is 1. The highest BCUT2D eigenvalue weighted by atomic mass is 79.9. The van der Waals surface area contributed by atoms with E-state index in [9.17, 15) is 9.90 Å². The van der Waals surface area contributed by atoms with Crippen molar-refractivity contribution < 1.29 is 9.90 Å². The molecular formula is C17H13BrN2O2. The third kappa shape index (κ3) is 2.67. The Morgan fingerprint density at radius 1 is 1.18 bits per heavy atom. The zero-order valence-corrected chi connectivity index (χ0v) is 13.4. The van der Waals surface area contributed by atoms with Gasteiger partial charge in [0.25, 0.3) is 0 Å². The molecule has 1 aromatic heterocycles. The van der Waals surface area contributed by atoms with Gasteiger partial charge in [0.1, 0.15) is 5.75 Å². The topological polar surface area (TPSA) is 66.0 Å². The number of aromatic nitrogens is 2. The molecule has 4 nitrogen and oxygen atoms in total. The average Bonchev–Trinajstić information content (AvgIpc) is 2.99. The molecule has 2 aromatic carbocycles. The zero-order chi connectivity index (χ0) is 15.7. The van der Waals surface area contributed by atoms with Crippen LogP contribution in [-0.4, -0.2) is 21.1 Å². The number of benzene rings is 2. The summed E-state index contributed by atoms with van der Waals surface area (Å²) in [6, 6.07) is 12.4. The molecule has 0 saturated carbocycles. The molecule has 0 atom stereocenters. The first-order valence-corrected chi connectivity index (χ1v) is 7.49. The van der Waals surface area contributed by atoms with Crippen molar-refractivity contribution in [2.75, 3.05) is 0 Å². The first-order chi connectivity index (χ1) is 10.6. The van der Waals surface area contributed by atoms with Crippen LogP contribution in [0, 0.1) is 6.92 Å². The fraction of sp³-hybridized carbons (Fsp3) is 0.0588. The van der Waals surface area contributed by atoms with E-state index in [1.165, 1.54) is 6.20 Å². The molecule has 3 aromatic rings. The molecule has 110 valence electrons. The number of phenols is 1. The molecule has 5 heteroatoms. The predicted molar refractivity (Wildman–Crippen MR) is 88.0 cm³/mol. The van der Waals surface area contributed by atoms with E-state index >= 15 is 0 Å². The van der Waals surface area contributed by atoms with Gasteiger partial charge in [-0.25, -0.2) is 0 Å². The first-order valence-electron chi connectivity index (χ1n) is 6.70. The molecule has 0 amide bonds. The second-order valence-corrected chi connectivity index (χ2v) is 5.93. The van der Waals surface area contributed by atoms with E-state index in [0.29, 0.717) is 22.4 Å². The molecule has 0 radical (unpaired) electrons. The fourth-order valence-electron chi connectivity index (χ4n) is 2.27. The van der Waals surface area contributed by atoms with Crippen LogP contribution in [0.5, 0.6) is 5.75 Å². The van der Waals surface area contributed by atoms with E-state index in [4.69, 9.17) is 0 Å². The summed E-state index contributed by atoms with van der Waals surface area (Å²) in [5.41, 5.74) is 3.08. The van der Waals surface area contributed by atoms with E-state index < -0.39 is 0 Å². The highest BCUT2D eigenvalue weighted by Crippen LogP contribution is 2.31. The predicted octanol–water partition coefficient (Wildman–Crippen LogP) is 4.08. The summed E-state index contributed by atoms with van der Waals surface area (Å²) >= 11 is 3.35. The third-order valence-corrected chi connectivity index (χ3v) is 3.94. The minimum Gasteiger partial charge on any atom is -0.507 e. The van der Waals surface area contributed by atoms with Gasteiger partial charge in [-0.2, -0.15) is 5.10 Å². The van der Waals surface area contributed by atoms with Crippen LogP contribution >= 0.6 is 15.9 Å². The van der Waals surface area contributed by atoms with E-state index in [2.05, 4.69) is 26.1 Å². The van der Waals surface area contributed by atoms with Gasteiger partial charge in [0.05, 0.1) is 17.5 Å². The van der Waals surface area contributed by atoms with Crippen molar-refractivity contribution in [3.05, 3.63) is 69.8 Å². The SMILES string of the molecule is Cc1ccc(O)c(-c2[nH]ncc2C(=O)c2ccc(Br)cc2)c1. The number of hydrogen-bond donors (Lipinski definition) is 2. The van der Waals surface area contributed by atoms with Crippen LogP contribution in [0.2, 0.25) is 0 Å². The maximum absolute atomic E-state index is 12.7. The van der Waals surface area contributed by atoms with Crippen LogP contribution in [0.25, 0.3) is 11.3 Å². The second-order valence-electron chi connectivity index (χ2n) is 5.02. The number of phenolic OH excluding ortho intramolecular Hbond substituents is 1. The molecule has 0 unspecified atom stereocenters. The number of carbonyl (C=O) groups is 1.